The van der Waals surface area contributed by atoms with Crippen LogP contribution in [0.15, 0.2) is 17.1 Å². The predicted octanol–water partition coefficient (Wildman–Crippen LogP) is 2.08. The Labute approximate surface area is 183 Å². The Hall–Kier alpha value is -3.19. The quantitative estimate of drug-likeness (QED) is 0.614. The van der Waals surface area contributed by atoms with E-state index in [0.717, 1.165) is 53.6 Å². The summed E-state index contributed by atoms with van der Waals surface area (Å²) < 4.78 is 6.74. The molecule has 3 aromatic rings. The standard InChI is InChI=1S/C21H23N7O2S/c1-12-24-17-18(14(10-22)19(29)26(2)20(17)31-12)27-8-6-15-13(11-27)5-9-28(15)16-4-7-23-21(25-16)30-3/h4,7,13,15H,5-6,8-9,11H2,1-3H3/t13-,15+/m1/s1. The summed E-state index contributed by atoms with van der Waals surface area (Å²) in [6.45, 7) is 4.39. The van der Waals surface area contributed by atoms with Crippen LogP contribution in [0, 0.1) is 24.2 Å². The van der Waals surface area contributed by atoms with Crippen LogP contribution in [0.5, 0.6) is 6.01 Å². The molecule has 5 rings (SSSR count). The van der Waals surface area contributed by atoms with E-state index in [2.05, 4.69) is 25.8 Å². The molecule has 0 N–H and O–H groups in total. The topological polar surface area (TPSA) is 100 Å². The number of methoxy groups -OCH3 is 1. The molecule has 9 nitrogen and oxygen atoms in total. The summed E-state index contributed by atoms with van der Waals surface area (Å²) in [6.07, 6.45) is 3.67. The van der Waals surface area contributed by atoms with E-state index in [0.29, 0.717) is 23.7 Å². The monoisotopic (exact) mass is 437 g/mol. The number of nitrogens with zero attached hydrogens (tertiary/aromatic N) is 7. The first kappa shape index (κ1) is 19.8. The zero-order valence-corrected chi connectivity index (χ0v) is 18.5. The molecule has 0 radical (unpaired) electrons. The number of anilines is 2. The number of nitriles is 1. The van der Waals surface area contributed by atoms with Crippen molar-refractivity contribution in [2.24, 2.45) is 13.0 Å². The molecule has 2 aliphatic rings. The van der Waals surface area contributed by atoms with Crippen molar-refractivity contribution >= 4 is 33.2 Å². The van der Waals surface area contributed by atoms with Gasteiger partial charge in [0.15, 0.2) is 0 Å². The van der Waals surface area contributed by atoms with Crippen molar-refractivity contribution in [2.75, 3.05) is 36.5 Å². The molecule has 3 aromatic heterocycles. The minimum Gasteiger partial charge on any atom is -0.467 e. The van der Waals surface area contributed by atoms with Gasteiger partial charge < -0.3 is 19.1 Å². The lowest BCUT2D eigenvalue weighted by Gasteiger charge is -2.39. The second-order valence-electron chi connectivity index (χ2n) is 8.03. The Bertz CT molecular complexity index is 1260. The number of ether oxygens (including phenoxy) is 1. The lowest BCUT2D eigenvalue weighted by Crippen LogP contribution is -2.47. The van der Waals surface area contributed by atoms with Gasteiger partial charge in [0.2, 0.25) is 0 Å². The molecular weight excluding hydrogens is 414 g/mol. The molecule has 0 aliphatic carbocycles. The molecule has 31 heavy (non-hydrogen) atoms. The normalized spacial score (nSPS) is 20.7. The number of aromatic nitrogens is 4. The highest BCUT2D eigenvalue weighted by Crippen LogP contribution is 2.39. The van der Waals surface area contributed by atoms with Crippen molar-refractivity contribution < 1.29 is 4.74 Å². The van der Waals surface area contributed by atoms with E-state index < -0.39 is 0 Å². The highest BCUT2D eigenvalue weighted by Gasteiger charge is 2.40. The Morgan fingerprint density at radius 3 is 2.90 bits per heavy atom. The molecule has 2 aliphatic heterocycles. The molecule has 2 fully saturated rings. The summed E-state index contributed by atoms with van der Waals surface area (Å²) in [5.41, 5.74) is 1.39. The minimum atomic E-state index is -0.253. The molecule has 2 saturated heterocycles. The number of pyridine rings is 1. The van der Waals surface area contributed by atoms with Gasteiger partial charge in [0, 0.05) is 38.9 Å². The third kappa shape index (κ3) is 3.11. The van der Waals surface area contributed by atoms with Crippen LogP contribution in [-0.2, 0) is 7.05 Å². The fourth-order valence-corrected chi connectivity index (χ4v) is 5.82. The summed E-state index contributed by atoms with van der Waals surface area (Å²) in [5, 5.41) is 10.7. The molecule has 160 valence electrons. The SMILES string of the molecule is COc1nccc(N2CC[C@@H]3CN(c4c(C#N)c(=O)n(C)c5sc(C)nc45)CC[C@@H]32)n1. The van der Waals surface area contributed by atoms with Crippen molar-refractivity contribution in [1.82, 2.24) is 19.5 Å². The van der Waals surface area contributed by atoms with Gasteiger partial charge in [-0.1, -0.05) is 0 Å². The van der Waals surface area contributed by atoms with Crippen LogP contribution in [0.3, 0.4) is 0 Å². The maximum Gasteiger partial charge on any atom is 0.318 e. The van der Waals surface area contributed by atoms with Crippen LogP contribution in [0.4, 0.5) is 11.5 Å². The van der Waals surface area contributed by atoms with E-state index in [-0.39, 0.29) is 11.1 Å². The third-order valence-corrected chi connectivity index (χ3v) is 7.41. The summed E-state index contributed by atoms with van der Waals surface area (Å²) in [4.78, 5) is 31.5. The maximum atomic E-state index is 12.9. The Kier molecular flexibility index (Phi) is 4.78. The van der Waals surface area contributed by atoms with E-state index in [1.54, 1.807) is 24.9 Å². The molecule has 0 unspecified atom stereocenters. The van der Waals surface area contributed by atoms with Gasteiger partial charge in [0.25, 0.3) is 5.56 Å². The van der Waals surface area contributed by atoms with Crippen LogP contribution < -0.4 is 20.1 Å². The third-order valence-electron chi connectivity index (χ3n) is 6.36. The lowest BCUT2D eigenvalue weighted by atomic mass is 9.92. The molecule has 10 heteroatoms. The molecule has 0 amide bonds. The molecule has 0 saturated carbocycles. The van der Waals surface area contributed by atoms with Crippen LogP contribution in [0.25, 0.3) is 10.3 Å². The van der Waals surface area contributed by atoms with Crippen molar-refractivity contribution in [3.05, 3.63) is 33.2 Å². The van der Waals surface area contributed by atoms with Gasteiger partial charge >= 0.3 is 6.01 Å². The maximum absolute atomic E-state index is 12.9. The van der Waals surface area contributed by atoms with Gasteiger partial charge in [0.05, 0.1) is 17.8 Å². The predicted molar refractivity (Wildman–Crippen MR) is 119 cm³/mol. The highest BCUT2D eigenvalue weighted by molar-refractivity contribution is 7.18. The first-order valence-electron chi connectivity index (χ1n) is 10.3. The molecule has 0 spiro atoms. The van der Waals surface area contributed by atoms with E-state index in [9.17, 15) is 10.1 Å². The van der Waals surface area contributed by atoms with Crippen molar-refractivity contribution in [3.63, 3.8) is 0 Å². The van der Waals surface area contributed by atoms with Gasteiger partial charge in [-0.05, 0) is 31.7 Å². The second-order valence-corrected chi connectivity index (χ2v) is 9.21. The fourth-order valence-electron chi connectivity index (χ4n) is 4.95. The zero-order chi connectivity index (χ0) is 21.7. The lowest BCUT2D eigenvalue weighted by molar-refractivity contribution is 0.376. The van der Waals surface area contributed by atoms with E-state index >= 15 is 0 Å². The van der Waals surface area contributed by atoms with Gasteiger partial charge in [0.1, 0.15) is 27.8 Å². The summed E-state index contributed by atoms with van der Waals surface area (Å²) in [7, 11) is 3.28. The minimum absolute atomic E-state index is 0.189. The largest absolute Gasteiger partial charge is 0.467 e. The van der Waals surface area contributed by atoms with Crippen LogP contribution in [0.2, 0.25) is 0 Å². The number of rotatable bonds is 3. The average molecular weight is 438 g/mol. The van der Waals surface area contributed by atoms with Gasteiger partial charge in [-0.25, -0.2) is 9.97 Å². The van der Waals surface area contributed by atoms with Crippen molar-refractivity contribution in [3.8, 4) is 12.1 Å². The van der Waals surface area contributed by atoms with Crippen LogP contribution in [0.1, 0.15) is 23.4 Å². The van der Waals surface area contributed by atoms with Crippen molar-refractivity contribution in [1.29, 1.82) is 5.26 Å². The number of aryl methyl sites for hydroxylation is 2. The molecule has 2 atom stereocenters. The van der Waals surface area contributed by atoms with E-state index in [1.165, 1.54) is 11.3 Å². The summed E-state index contributed by atoms with van der Waals surface area (Å²) in [6, 6.07) is 4.82. The number of fused-ring (bicyclic) bond motifs is 2. The Balaban J connectivity index is 1.49. The summed E-state index contributed by atoms with van der Waals surface area (Å²) in [5.74, 6) is 1.30. The molecule has 0 aromatic carbocycles. The Morgan fingerprint density at radius 1 is 1.29 bits per heavy atom. The number of piperidine rings is 1. The van der Waals surface area contributed by atoms with E-state index in [1.807, 2.05) is 13.0 Å². The Morgan fingerprint density at radius 2 is 2.13 bits per heavy atom. The average Bonchev–Trinajstić information content (AvgIpc) is 3.39. The van der Waals surface area contributed by atoms with Crippen LogP contribution >= 0.6 is 11.3 Å². The highest BCUT2D eigenvalue weighted by atomic mass is 32.1. The molecule has 0 bridgehead atoms. The molecule has 5 heterocycles. The van der Waals surface area contributed by atoms with Gasteiger partial charge in [-0.2, -0.15) is 10.2 Å². The number of thiazole rings is 1. The van der Waals surface area contributed by atoms with Crippen LogP contribution in [-0.4, -0.2) is 52.3 Å². The first-order valence-corrected chi connectivity index (χ1v) is 11.1. The number of hydrogen-bond acceptors (Lipinski definition) is 9. The summed E-state index contributed by atoms with van der Waals surface area (Å²) >= 11 is 1.49. The van der Waals surface area contributed by atoms with E-state index in [4.69, 9.17) is 9.72 Å². The number of hydrogen-bond donors (Lipinski definition) is 0. The second kappa shape index (κ2) is 7.50. The van der Waals surface area contributed by atoms with Crippen molar-refractivity contribution in [2.45, 2.75) is 25.8 Å². The van der Waals surface area contributed by atoms with Gasteiger partial charge in [-0.15, -0.1) is 11.3 Å². The smallest absolute Gasteiger partial charge is 0.318 e. The first-order chi connectivity index (χ1) is 15.0. The molecular formula is C21H23N7O2S. The zero-order valence-electron chi connectivity index (χ0n) is 17.7. The fraction of sp³-hybridized carbons (Fsp3) is 0.476. The van der Waals surface area contributed by atoms with Gasteiger partial charge in [-0.3, -0.25) is 4.79 Å².